The Morgan fingerprint density at radius 2 is 2.10 bits per heavy atom. The molecule has 1 aromatic carbocycles. The van der Waals surface area contributed by atoms with Gasteiger partial charge < -0.3 is 24.8 Å². The fourth-order valence-corrected chi connectivity index (χ4v) is 2.07. The van der Waals surface area contributed by atoms with Crippen LogP contribution in [-0.2, 0) is 11.4 Å². The molecule has 1 heterocycles. The molecule has 0 spiro atoms. The standard InChI is InChI=1S/C14H20N2O4/c1-19-13-8-11(9-17)2-3-12(13)20-10-14(18)16-6-4-15-5-7-16/h2-3,8,15,17H,4-7,9-10H2,1H3. The molecule has 1 fully saturated rings. The Hall–Kier alpha value is -1.79. The summed E-state index contributed by atoms with van der Waals surface area (Å²) in [5.74, 6) is 0.998. The average molecular weight is 280 g/mol. The summed E-state index contributed by atoms with van der Waals surface area (Å²) in [6.45, 7) is 3.00. The van der Waals surface area contributed by atoms with E-state index in [0.717, 1.165) is 18.7 Å². The summed E-state index contributed by atoms with van der Waals surface area (Å²) in [5, 5.41) is 12.3. The molecule has 1 aromatic rings. The number of amides is 1. The van der Waals surface area contributed by atoms with Crippen LogP contribution in [0.5, 0.6) is 11.5 Å². The van der Waals surface area contributed by atoms with Crippen LogP contribution in [0.15, 0.2) is 18.2 Å². The lowest BCUT2D eigenvalue weighted by molar-refractivity contribution is -0.133. The number of ether oxygens (including phenoxy) is 2. The third-order valence-electron chi connectivity index (χ3n) is 3.23. The summed E-state index contributed by atoms with van der Waals surface area (Å²) in [6.07, 6.45) is 0. The van der Waals surface area contributed by atoms with Crippen LogP contribution in [0.1, 0.15) is 5.56 Å². The summed E-state index contributed by atoms with van der Waals surface area (Å²) >= 11 is 0. The number of aliphatic hydroxyl groups is 1. The fraction of sp³-hybridized carbons (Fsp3) is 0.500. The lowest BCUT2D eigenvalue weighted by atomic mass is 10.2. The van der Waals surface area contributed by atoms with Crippen LogP contribution < -0.4 is 14.8 Å². The Kier molecular flexibility index (Phi) is 5.20. The van der Waals surface area contributed by atoms with Crippen LogP contribution in [0.3, 0.4) is 0 Å². The molecule has 0 bridgehead atoms. The summed E-state index contributed by atoms with van der Waals surface area (Å²) in [6, 6.07) is 5.15. The van der Waals surface area contributed by atoms with E-state index in [0.29, 0.717) is 24.6 Å². The molecule has 2 N–H and O–H groups in total. The van der Waals surface area contributed by atoms with Crippen LogP contribution in [0.4, 0.5) is 0 Å². The first kappa shape index (κ1) is 14.6. The molecule has 1 amide bonds. The lowest BCUT2D eigenvalue weighted by Crippen LogP contribution is -2.47. The first-order valence-electron chi connectivity index (χ1n) is 6.63. The average Bonchev–Trinajstić information content (AvgIpc) is 2.53. The molecule has 0 saturated carbocycles. The van der Waals surface area contributed by atoms with Crippen molar-refractivity contribution in [1.82, 2.24) is 10.2 Å². The van der Waals surface area contributed by atoms with Crippen molar-refractivity contribution in [2.75, 3.05) is 39.9 Å². The van der Waals surface area contributed by atoms with Crippen molar-refractivity contribution in [3.05, 3.63) is 23.8 Å². The molecular weight excluding hydrogens is 260 g/mol. The molecule has 20 heavy (non-hydrogen) atoms. The molecule has 2 rings (SSSR count). The van der Waals surface area contributed by atoms with Gasteiger partial charge in [0.05, 0.1) is 13.7 Å². The Morgan fingerprint density at radius 3 is 2.75 bits per heavy atom. The van der Waals surface area contributed by atoms with E-state index >= 15 is 0 Å². The highest BCUT2D eigenvalue weighted by Gasteiger charge is 2.17. The van der Waals surface area contributed by atoms with Gasteiger partial charge in [-0.2, -0.15) is 0 Å². The van der Waals surface area contributed by atoms with Crippen LogP contribution in [-0.4, -0.2) is 55.8 Å². The van der Waals surface area contributed by atoms with Crippen molar-refractivity contribution in [3.63, 3.8) is 0 Å². The molecule has 0 atom stereocenters. The number of aliphatic hydroxyl groups excluding tert-OH is 1. The number of hydrogen-bond donors (Lipinski definition) is 2. The van der Waals surface area contributed by atoms with Gasteiger partial charge in [0, 0.05) is 26.2 Å². The maximum atomic E-state index is 12.0. The predicted octanol–water partition coefficient (Wildman–Crippen LogP) is -0.00190. The normalized spacial score (nSPS) is 15.0. The molecule has 0 aromatic heterocycles. The number of rotatable bonds is 5. The summed E-state index contributed by atoms with van der Waals surface area (Å²) in [7, 11) is 1.53. The minimum absolute atomic E-state index is 0.00513. The van der Waals surface area contributed by atoms with Gasteiger partial charge in [0.2, 0.25) is 0 Å². The van der Waals surface area contributed by atoms with Gasteiger partial charge in [-0.3, -0.25) is 4.79 Å². The maximum Gasteiger partial charge on any atom is 0.260 e. The van der Waals surface area contributed by atoms with Gasteiger partial charge in [0.25, 0.3) is 5.91 Å². The molecule has 1 aliphatic heterocycles. The third kappa shape index (κ3) is 3.61. The SMILES string of the molecule is COc1cc(CO)ccc1OCC(=O)N1CCNCC1. The van der Waals surface area contributed by atoms with Gasteiger partial charge in [-0.1, -0.05) is 6.07 Å². The summed E-state index contributed by atoms with van der Waals surface area (Å²) in [4.78, 5) is 13.8. The summed E-state index contributed by atoms with van der Waals surface area (Å²) in [5.41, 5.74) is 0.739. The Labute approximate surface area is 118 Å². The molecule has 1 aliphatic rings. The number of hydrogen-bond acceptors (Lipinski definition) is 5. The zero-order valence-electron chi connectivity index (χ0n) is 11.6. The van der Waals surface area contributed by atoms with Crippen molar-refractivity contribution in [2.24, 2.45) is 0 Å². The van der Waals surface area contributed by atoms with Crippen LogP contribution in [0, 0.1) is 0 Å². The topological polar surface area (TPSA) is 71.0 Å². The van der Waals surface area contributed by atoms with Gasteiger partial charge >= 0.3 is 0 Å². The fourth-order valence-electron chi connectivity index (χ4n) is 2.07. The molecule has 0 radical (unpaired) electrons. The molecule has 1 saturated heterocycles. The van der Waals surface area contributed by atoms with Crippen molar-refractivity contribution in [1.29, 1.82) is 0 Å². The van der Waals surface area contributed by atoms with E-state index < -0.39 is 0 Å². The van der Waals surface area contributed by atoms with E-state index in [1.807, 2.05) is 0 Å². The largest absolute Gasteiger partial charge is 0.493 e. The minimum atomic E-state index is -0.0592. The van der Waals surface area contributed by atoms with Crippen molar-refractivity contribution in [3.8, 4) is 11.5 Å². The third-order valence-corrected chi connectivity index (χ3v) is 3.23. The van der Waals surface area contributed by atoms with E-state index in [4.69, 9.17) is 14.6 Å². The van der Waals surface area contributed by atoms with Gasteiger partial charge in [0.1, 0.15) is 0 Å². The molecule has 0 unspecified atom stereocenters. The van der Waals surface area contributed by atoms with Gasteiger partial charge in [-0.05, 0) is 17.7 Å². The molecule has 0 aliphatic carbocycles. The molecule has 110 valence electrons. The van der Waals surface area contributed by atoms with Crippen molar-refractivity contribution in [2.45, 2.75) is 6.61 Å². The van der Waals surface area contributed by atoms with Gasteiger partial charge in [-0.15, -0.1) is 0 Å². The van der Waals surface area contributed by atoms with Crippen molar-refractivity contribution < 1.29 is 19.4 Å². The highest BCUT2D eigenvalue weighted by atomic mass is 16.5. The first-order valence-corrected chi connectivity index (χ1v) is 6.63. The zero-order valence-corrected chi connectivity index (χ0v) is 11.6. The Morgan fingerprint density at radius 1 is 1.35 bits per heavy atom. The highest BCUT2D eigenvalue weighted by molar-refractivity contribution is 5.78. The summed E-state index contributed by atoms with van der Waals surface area (Å²) < 4.78 is 10.7. The number of benzene rings is 1. The predicted molar refractivity (Wildman–Crippen MR) is 73.9 cm³/mol. The van der Waals surface area contributed by atoms with E-state index in [1.165, 1.54) is 7.11 Å². The quantitative estimate of drug-likeness (QED) is 0.794. The second kappa shape index (κ2) is 7.12. The molecule has 6 nitrogen and oxygen atoms in total. The van der Waals surface area contributed by atoms with Crippen LogP contribution in [0.2, 0.25) is 0 Å². The van der Waals surface area contributed by atoms with E-state index in [9.17, 15) is 4.79 Å². The first-order chi connectivity index (χ1) is 9.74. The molecule has 6 heteroatoms. The van der Waals surface area contributed by atoms with Crippen LogP contribution in [0.25, 0.3) is 0 Å². The number of carbonyl (C=O) groups excluding carboxylic acids is 1. The van der Waals surface area contributed by atoms with E-state index in [1.54, 1.807) is 23.1 Å². The van der Waals surface area contributed by atoms with Crippen molar-refractivity contribution >= 4 is 5.91 Å². The number of carbonyl (C=O) groups is 1. The minimum Gasteiger partial charge on any atom is -0.493 e. The van der Waals surface area contributed by atoms with E-state index in [-0.39, 0.29) is 19.1 Å². The smallest absolute Gasteiger partial charge is 0.260 e. The highest BCUT2D eigenvalue weighted by Crippen LogP contribution is 2.28. The monoisotopic (exact) mass is 280 g/mol. The number of methoxy groups -OCH3 is 1. The number of nitrogens with zero attached hydrogens (tertiary/aromatic N) is 1. The zero-order chi connectivity index (χ0) is 14.4. The number of nitrogens with one attached hydrogen (secondary N) is 1. The number of piperazine rings is 1. The second-order valence-corrected chi connectivity index (χ2v) is 4.56. The Balaban J connectivity index is 1.94. The lowest BCUT2D eigenvalue weighted by Gasteiger charge is -2.27. The maximum absolute atomic E-state index is 12.0. The van der Waals surface area contributed by atoms with E-state index in [2.05, 4.69) is 5.32 Å². The van der Waals surface area contributed by atoms with Gasteiger partial charge in [-0.25, -0.2) is 0 Å². The van der Waals surface area contributed by atoms with Crippen LogP contribution >= 0.6 is 0 Å². The second-order valence-electron chi connectivity index (χ2n) is 4.56. The molecular formula is C14H20N2O4. The Bertz CT molecular complexity index is 458. The van der Waals surface area contributed by atoms with Gasteiger partial charge in [0.15, 0.2) is 18.1 Å².